The number of amides is 2. The zero-order valence-corrected chi connectivity index (χ0v) is 22.2. The molecule has 1 aromatic carbocycles. The highest BCUT2D eigenvalue weighted by Gasteiger charge is 2.49. The molecule has 0 atom stereocenters. The van der Waals surface area contributed by atoms with Gasteiger partial charge < -0.3 is 29.9 Å². The molecule has 1 saturated heterocycles. The Bertz CT molecular complexity index is 1220. The third kappa shape index (κ3) is 5.61. The molecule has 39 heavy (non-hydrogen) atoms. The van der Waals surface area contributed by atoms with Crippen LogP contribution in [0.4, 0.5) is 31.9 Å². The van der Waals surface area contributed by atoms with Crippen molar-refractivity contribution in [3.63, 3.8) is 0 Å². The van der Waals surface area contributed by atoms with Gasteiger partial charge in [-0.05, 0) is 50.8 Å². The fourth-order valence-electron chi connectivity index (χ4n) is 5.49. The molecule has 3 aliphatic rings. The Morgan fingerprint density at radius 3 is 2.64 bits per heavy atom. The van der Waals surface area contributed by atoms with E-state index in [0.717, 1.165) is 43.4 Å². The molecule has 1 aromatic heterocycles. The number of rotatable bonds is 7. The fourth-order valence-corrected chi connectivity index (χ4v) is 5.49. The lowest BCUT2D eigenvalue weighted by Crippen LogP contribution is -2.49. The number of aromatic nitrogens is 2. The van der Waals surface area contributed by atoms with E-state index >= 15 is 8.78 Å². The minimum atomic E-state index is -3.54. The number of nitrogens with zero attached hydrogens (tertiary/aromatic N) is 4. The van der Waals surface area contributed by atoms with Gasteiger partial charge in [0.15, 0.2) is 5.82 Å². The molecular formula is C27H34F2N6O4. The molecule has 2 fully saturated rings. The predicted molar refractivity (Wildman–Crippen MR) is 142 cm³/mol. The molecule has 0 spiro atoms. The SMILES string of the molecule is CCN1C(=O)C(F)(F)CN(C2CCCC2)c2nc(Nc3ccc(C(=O)NC4CCOCC4)cc3OC)ncc21. The molecule has 2 aliphatic heterocycles. The van der Waals surface area contributed by atoms with Crippen molar-refractivity contribution < 1.29 is 27.8 Å². The van der Waals surface area contributed by atoms with Crippen molar-refractivity contribution >= 4 is 35.0 Å². The van der Waals surface area contributed by atoms with Crippen molar-refractivity contribution in [2.24, 2.45) is 0 Å². The van der Waals surface area contributed by atoms with Crippen LogP contribution in [0.5, 0.6) is 5.75 Å². The summed E-state index contributed by atoms with van der Waals surface area (Å²) >= 11 is 0. The summed E-state index contributed by atoms with van der Waals surface area (Å²) in [6.45, 7) is 2.24. The zero-order chi connectivity index (χ0) is 27.6. The molecule has 1 saturated carbocycles. The second kappa shape index (κ2) is 11.3. The third-order valence-electron chi connectivity index (χ3n) is 7.59. The number of anilines is 4. The van der Waals surface area contributed by atoms with E-state index < -0.39 is 18.4 Å². The highest BCUT2D eigenvalue weighted by Crippen LogP contribution is 2.40. The van der Waals surface area contributed by atoms with Gasteiger partial charge in [0.2, 0.25) is 5.95 Å². The lowest BCUT2D eigenvalue weighted by molar-refractivity contribution is -0.140. The zero-order valence-electron chi connectivity index (χ0n) is 22.2. The summed E-state index contributed by atoms with van der Waals surface area (Å²) in [6.07, 6.45) is 6.34. The first-order valence-electron chi connectivity index (χ1n) is 13.5. The van der Waals surface area contributed by atoms with Crippen LogP contribution < -0.4 is 25.2 Å². The van der Waals surface area contributed by atoms with E-state index in [1.165, 1.54) is 13.3 Å². The summed E-state index contributed by atoms with van der Waals surface area (Å²) < 4.78 is 40.9. The van der Waals surface area contributed by atoms with E-state index in [1.807, 2.05) is 0 Å². The van der Waals surface area contributed by atoms with Crippen molar-refractivity contribution in [1.82, 2.24) is 15.3 Å². The lowest BCUT2D eigenvalue weighted by atomic mass is 10.1. The van der Waals surface area contributed by atoms with Gasteiger partial charge in [0, 0.05) is 37.4 Å². The number of methoxy groups -OCH3 is 1. The number of hydrogen-bond donors (Lipinski definition) is 2. The molecule has 210 valence electrons. The number of carbonyl (C=O) groups excluding carboxylic acids is 2. The van der Waals surface area contributed by atoms with E-state index in [2.05, 4.69) is 20.6 Å². The van der Waals surface area contributed by atoms with Crippen LogP contribution >= 0.6 is 0 Å². The number of hydrogen-bond acceptors (Lipinski definition) is 8. The van der Waals surface area contributed by atoms with E-state index in [9.17, 15) is 9.59 Å². The Morgan fingerprint density at radius 2 is 1.95 bits per heavy atom. The first-order valence-corrected chi connectivity index (χ1v) is 13.5. The number of nitrogens with one attached hydrogen (secondary N) is 2. The molecule has 5 rings (SSSR count). The van der Waals surface area contributed by atoms with Crippen LogP contribution in [0.25, 0.3) is 0 Å². The number of fused-ring (bicyclic) bond motifs is 1. The van der Waals surface area contributed by atoms with Crippen LogP contribution in [0.2, 0.25) is 0 Å². The summed E-state index contributed by atoms with van der Waals surface area (Å²) in [5.74, 6) is -4.12. The normalized spacial score (nSPS) is 19.9. The number of ether oxygens (including phenoxy) is 2. The molecule has 0 bridgehead atoms. The highest BCUT2D eigenvalue weighted by molar-refractivity contribution is 6.02. The summed E-state index contributed by atoms with van der Waals surface area (Å²) in [5, 5.41) is 6.13. The van der Waals surface area contributed by atoms with Crippen LogP contribution in [-0.2, 0) is 9.53 Å². The number of benzene rings is 1. The van der Waals surface area contributed by atoms with Crippen LogP contribution in [0.3, 0.4) is 0 Å². The van der Waals surface area contributed by atoms with E-state index in [1.54, 1.807) is 30.0 Å². The van der Waals surface area contributed by atoms with Gasteiger partial charge >= 0.3 is 5.92 Å². The average Bonchev–Trinajstić information content (AvgIpc) is 3.46. The maximum atomic E-state index is 15.0. The van der Waals surface area contributed by atoms with Crippen molar-refractivity contribution in [2.45, 2.75) is 63.5 Å². The molecule has 10 nitrogen and oxygen atoms in total. The summed E-state index contributed by atoms with van der Waals surface area (Å²) in [6, 6.07) is 4.92. The van der Waals surface area contributed by atoms with Gasteiger partial charge in [-0.2, -0.15) is 13.8 Å². The van der Waals surface area contributed by atoms with Crippen LogP contribution in [0, 0.1) is 0 Å². The second-order valence-electron chi connectivity index (χ2n) is 10.1. The number of halogens is 2. The van der Waals surface area contributed by atoms with Crippen LogP contribution in [0.1, 0.15) is 55.8 Å². The third-order valence-corrected chi connectivity index (χ3v) is 7.59. The quantitative estimate of drug-likeness (QED) is 0.541. The van der Waals surface area contributed by atoms with Crippen molar-refractivity contribution in [3.8, 4) is 5.75 Å². The average molecular weight is 545 g/mol. The molecule has 2 N–H and O–H groups in total. The lowest BCUT2D eigenvalue weighted by Gasteiger charge is -2.31. The number of alkyl halides is 2. The first kappa shape index (κ1) is 27.0. The summed E-state index contributed by atoms with van der Waals surface area (Å²) in [4.78, 5) is 37.1. The predicted octanol–water partition coefficient (Wildman–Crippen LogP) is 3.89. The van der Waals surface area contributed by atoms with Crippen LogP contribution in [-0.4, -0.2) is 73.2 Å². The standard InChI is InChI=1S/C27H34F2N6O4/c1-3-34-21-15-30-26(33-23(21)35(19-6-4-5-7-19)16-27(28,29)25(34)37)32-20-9-8-17(14-22(20)38-2)24(36)31-18-10-12-39-13-11-18/h8-9,14-15,18-19H,3-7,10-13,16H2,1-2H3,(H,31,36)(H,30,32,33). The minimum Gasteiger partial charge on any atom is -0.495 e. The molecule has 2 aromatic rings. The Hall–Kier alpha value is -3.54. The molecule has 1 aliphatic carbocycles. The Kier molecular flexibility index (Phi) is 7.83. The first-order chi connectivity index (χ1) is 18.8. The number of carbonyl (C=O) groups is 2. The molecule has 12 heteroatoms. The van der Waals surface area contributed by atoms with Gasteiger partial charge in [-0.15, -0.1) is 0 Å². The molecule has 2 amide bonds. The van der Waals surface area contributed by atoms with Crippen LogP contribution in [0.15, 0.2) is 24.4 Å². The van der Waals surface area contributed by atoms with E-state index in [4.69, 9.17) is 9.47 Å². The smallest absolute Gasteiger partial charge is 0.342 e. The van der Waals surface area contributed by atoms with Gasteiger partial charge in [-0.25, -0.2) is 4.98 Å². The highest BCUT2D eigenvalue weighted by atomic mass is 19.3. The second-order valence-corrected chi connectivity index (χ2v) is 10.1. The van der Waals surface area contributed by atoms with E-state index in [0.29, 0.717) is 36.0 Å². The van der Waals surface area contributed by atoms with Crippen molar-refractivity contribution in [2.75, 3.05) is 48.5 Å². The molecule has 0 unspecified atom stereocenters. The maximum absolute atomic E-state index is 15.0. The monoisotopic (exact) mass is 544 g/mol. The fraction of sp³-hybridized carbons (Fsp3) is 0.556. The van der Waals surface area contributed by atoms with Crippen molar-refractivity contribution in [1.29, 1.82) is 0 Å². The Labute approximate surface area is 226 Å². The van der Waals surface area contributed by atoms with E-state index in [-0.39, 0.29) is 36.2 Å². The van der Waals surface area contributed by atoms with Gasteiger partial charge in [0.25, 0.3) is 11.8 Å². The molecule has 3 heterocycles. The minimum absolute atomic E-state index is 0.0628. The summed E-state index contributed by atoms with van der Waals surface area (Å²) in [7, 11) is 1.49. The Morgan fingerprint density at radius 1 is 1.21 bits per heavy atom. The van der Waals surface area contributed by atoms with Gasteiger partial charge in [-0.1, -0.05) is 12.8 Å². The largest absolute Gasteiger partial charge is 0.495 e. The van der Waals surface area contributed by atoms with Gasteiger partial charge in [0.05, 0.1) is 25.5 Å². The summed E-state index contributed by atoms with van der Waals surface area (Å²) in [5.41, 5.74) is 1.22. The molecular weight excluding hydrogens is 510 g/mol. The molecule has 0 radical (unpaired) electrons. The topological polar surface area (TPSA) is 109 Å². The Balaban J connectivity index is 1.43. The van der Waals surface area contributed by atoms with Gasteiger partial charge in [-0.3, -0.25) is 9.59 Å². The van der Waals surface area contributed by atoms with Gasteiger partial charge in [0.1, 0.15) is 11.4 Å². The maximum Gasteiger partial charge on any atom is 0.342 e. The van der Waals surface area contributed by atoms with Crippen molar-refractivity contribution in [3.05, 3.63) is 30.0 Å².